The van der Waals surface area contributed by atoms with E-state index in [0.29, 0.717) is 22.8 Å². The molecule has 26 heavy (non-hydrogen) atoms. The molecule has 0 radical (unpaired) electrons. The number of nitrogens with one attached hydrogen (secondary N) is 1. The van der Waals surface area contributed by atoms with E-state index in [1.54, 1.807) is 23.1 Å². The highest BCUT2D eigenvalue weighted by Crippen LogP contribution is 2.54. The third-order valence-corrected chi connectivity index (χ3v) is 5.67. The van der Waals surface area contributed by atoms with Crippen molar-refractivity contribution in [2.24, 2.45) is 5.10 Å². The van der Waals surface area contributed by atoms with E-state index in [9.17, 15) is 14.4 Å². The van der Waals surface area contributed by atoms with Gasteiger partial charge in [-0.2, -0.15) is 5.01 Å². The second kappa shape index (κ2) is 6.92. The van der Waals surface area contributed by atoms with Crippen LogP contribution in [-0.4, -0.2) is 34.4 Å². The molecule has 1 aromatic rings. The molecule has 2 aliphatic heterocycles. The van der Waals surface area contributed by atoms with Gasteiger partial charge in [0.15, 0.2) is 5.17 Å². The first-order valence-corrected chi connectivity index (χ1v) is 9.48. The molecule has 9 heteroatoms. The Morgan fingerprint density at radius 3 is 2.69 bits per heavy atom. The summed E-state index contributed by atoms with van der Waals surface area (Å²) in [5.41, 5.74) is 1.32. The number of hydrazone groups is 1. The first-order chi connectivity index (χ1) is 12.3. The molecule has 0 bridgehead atoms. The molecule has 1 aromatic carbocycles. The Kier molecular flexibility index (Phi) is 4.98. The molecule has 0 fully saturated rings. The van der Waals surface area contributed by atoms with E-state index < -0.39 is 10.8 Å². The molecule has 7 nitrogen and oxygen atoms in total. The third kappa shape index (κ3) is 2.87. The zero-order valence-corrected chi connectivity index (χ0v) is 16.3. The van der Waals surface area contributed by atoms with Crippen molar-refractivity contribution in [3.8, 4) is 0 Å². The Morgan fingerprint density at radius 1 is 1.35 bits per heavy atom. The average Bonchev–Trinajstić information content (AvgIpc) is 3.04. The molecule has 0 aromatic heterocycles. The summed E-state index contributed by atoms with van der Waals surface area (Å²) in [7, 11) is 0. The molecule has 2 aliphatic rings. The fraction of sp³-hybridized carbons (Fsp3) is 0.412. The number of carbonyl (C=O) groups is 3. The van der Waals surface area contributed by atoms with Gasteiger partial charge >= 0.3 is 0 Å². The predicted octanol–water partition coefficient (Wildman–Crippen LogP) is 2.64. The van der Waals surface area contributed by atoms with Gasteiger partial charge in [0.25, 0.3) is 5.91 Å². The molecule has 0 aliphatic carbocycles. The normalized spacial score (nSPS) is 21.2. The van der Waals surface area contributed by atoms with E-state index >= 15 is 0 Å². The molecule has 1 atom stereocenters. The number of hydrogen-bond donors (Lipinski definition) is 1. The highest BCUT2D eigenvalue weighted by molar-refractivity contribution is 8.15. The molecule has 3 amide bonds. The standard InChI is InChI=1S/C17H19ClN4O3S/c1-4-5-8-21-14-7-6-12(18)9-13(14)17(15(21)25)22(11(3)24)20-16(26-17)19-10(2)23/h6-7,9H,4-5,8H2,1-3H3,(H,19,20,23)/t17-/m0/s1. The lowest BCUT2D eigenvalue weighted by Gasteiger charge is -2.29. The number of rotatable bonds is 3. The summed E-state index contributed by atoms with van der Waals surface area (Å²) >= 11 is 7.24. The van der Waals surface area contributed by atoms with Crippen LogP contribution in [0.5, 0.6) is 0 Å². The monoisotopic (exact) mass is 394 g/mol. The number of amidine groups is 1. The topological polar surface area (TPSA) is 82.1 Å². The minimum atomic E-state index is -1.38. The molecule has 1 N–H and O–H groups in total. The lowest BCUT2D eigenvalue weighted by molar-refractivity contribution is -0.139. The van der Waals surface area contributed by atoms with Crippen molar-refractivity contribution in [2.75, 3.05) is 11.4 Å². The Bertz CT molecular complexity index is 828. The summed E-state index contributed by atoms with van der Waals surface area (Å²) in [5, 5.41) is 8.60. The molecule has 2 heterocycles. The summed E-state index contributed by atoms with van der Waals surface area (Å²) in [5.74, 6) is -0.974. The largest absolute Gasteiger partial charge is 0.309 e. The maximum Gasteiger partial charge on any atom is 0.270 e. The van der Waals surface area contributed by atoms with Crippen molar-refractivity contribution >= 4 is 51.9 Å². The molecule has 0 saturated carbocycles. The van der Waals surface area contributed by atoms with E-state index in [2.05, 4.69) is 10.4 Å². The van der Waals surface area contributed by atoms with Crippen molar-refractivity contribution in [3.05, 3.63) is 28.8 Å². The van der Waals surface area contributed by atoms with E-state index in [-0.39, 0.29) is 17.0 Å². The lowest BCUT2D eigenvalue weighted by atomic mass is 10.1. The fourth-order valence-electron chi connectivity index (χ4n) is 3.12. The summed E-state index contributed by atoms with van der Waals surface area (Å²) in [6.07, 6.45) is 1.75. The van der Waals surface area contributed by atoms with Crippen LogP contribution in [0, 0.1) is 0 Å². The number of amides is 3. The number of unbranched alkanes of at least 4 members (excludes halogenated alkanes) is 1. The summed E-state index contributed by atoms with van der Waals surface area (Å²) < 4.78 is 0. The van der Waals surface area contributed by atoms with Gasteiger partial charge in [-0.1, -0.05) is 24.9 Å². The van der Waals surface area contributed by atoms with Crippen LogP contribution in [0.3, 0.4) is 0 Å². The van der Waals surface area contributed by atoms with Crippen LogP contribution in [-0.2, 0) is 19.3 Å². The Balaban J connectivity index is 2.13. The van der Waals surface area contributed by atoms with Crippen molar-refractivity contribution in [2.45, 2.75) is 38.5 Å². The Morgan fingerprint density at radius 2 is 2.08 bits per heavy atom. The number of fused-ring (bicyclic) bond motifs is 2. The SMILES string of the molecule is CCCCN1C(=O)[C@@]2(SC(NC(C)=O)=NN2C(C)=O)c2cc(Cl)ccc21. The number of halogens is 1. The second-order valence-corrected chi connectivity index (χ2v) is 7.75. The zero-order valence-electron chi connectivity index (χ0n) is 14.7. The van der Waals surface area contributed by atoms with Crippen LogP contribution in [0.4, 0.5) is 5.69 Å². The van der Waals surface area contributed by atoms with Crippen LogP contribution in [0.25, 0.3) is 0 Å². The number of hydrogen-bond acceptors (Lipinski definition) is 5. The van der Waals surface area contributed by atoms with E-state index in [0.717, 1.165) is 29.6 Å². The highest BCUT2D eigenvalue weighted by Gasteiger charge is 2.61. The van der Waals surface area contributed by atoms with Gasteiger partial charge in [-0.05, 0) is 36.4 Å². The minimum absolute atomic E-state index is 0.212. The van der Waals surface area contributed by atoms with Gasteiger partial charge in [0.05, 0.1) is 5.69 Å². The zero-order chi connectivity index (χ0) is 19.1. The van der Waals surface area contributed by atoms with E-state index in [1.165, 1.54) is 13.8 Å². The van der Waals surface area contributed by atoms with Crippen molar-refractivity contribution in [1.29, 1.82) is 0 Å². The minimum Gasteiger partial charge on any atom is -0.309 e. The highest BCUT2D eigenvalue weighted by atomic mass is 35.5. The van der Waals surface area contributed by atoms with Crippen LogP contribution in [0.1, 0.15) is 39.2 Å². The first-order valence-electron chi connectivity index (χ1n) is 8.29. The average molecular weight is 395 g/mol. The lowest BCUT2D eigenvalue weighted by Crippen LogP contribution is -2.48. The summed E-state index contributed by atoms with van der Waals surface area (Å²) in [6, 6.07) is 5.20. The smallest absolute Gasteiger partial charge is 0.270 e. The van der Waals surface area contributed by atoms with Gasteiger partial charge in [0, 0.05) is 31.0 Å². The quantitative estimate of drug-likeness (QED) is 0.854. The predicted molar refractivity (Wildman–Crippen MR) is 102 cm³/mol. The Labute approximate surface area is 160 Å². The molecule has 3 rings (SSSR count). The van der Waals surface area contributed by atoms with Gasteiger partial charge in [-0.3, -0.25) is 14.4 Å². The maximum absolute atomic E-state index is 13.4. The number of nitrogens with zero attached hydrogens (tertiary/aromatic N) is 3. The van der Waals surface area contributed by atoms with Crippen LogP contribution >= 0.6 is 23.4 Å². The van der Waals surface area contributed by atoms with Crippen LogP contribution in [0.2, 0.25) is 5.02 Å². The van der Waals surface area contributed by atoms with Crippen molar-refractivity contribution < 1.29 is 14.4 Å². The number of carbonyl (C=O) groups excluding carboxylic acids is 3. The van der Waals surface area contributed by atoms with Crippen molar-refractivity contribution in [3.63, 3.8) is 0 Å². The number of thioether (sulfide) groups is 1. The van der Waals surface area contributed by atoms with E-state index in [4.69, 9.17) is 11.6 Å². The van der Waals surface area contributed by atoms with Gasteiger partial charge < -0.3 is 10.2 Å². The van der Waals surface area contributed by atoms with Gasteiger partial charge in [-0.15, -0.1) is 5.10 Å². The maximum atomic E-state index is 13.4. The number of anilines is 1. The molecule has 1 spiro atoms. The molecular weight excluding hydrogens is 376 g/mol. The fourth-order valence-corrected chi connectivity index (χ4v) is 4.62. The summed E-state index contributed by atoms with van der Waals surface area (Å²) in [6.45, 7) is 5.27. The summed E-state index contributed by atoms with van der Waals surface area (Å²) in [4.78, 5) is 37.5. The van der Waals surface area contributed by atoms with Gasteiger partial charge in [0.2, 0.25) is 16.7 Å². The van der Waals surface area contributed by atoms with Gasteiger partial charge in [-0.25, -0.2) is 0 Å². The third-order valence-electron chi connectivity index (χ3n) is 4.20. The van der Waals surface area contributed by atoms with E-state index in [1.807, 2.05) is 6.92 Å². The Hall–Kier alpha value is -2.06. The first kappa shape index (κ1) is 18.7. The molecule has 0 saturated heterocycles. The second-order valence-electron chi connectivity index (χ2n) is 6.14. The number of benzene rings is 1. The van der Waals surface area contributed by atoms with Crippen LogP contribution in [0.15, 0.2) is 23.3 Å². The molecule has 138 valence electrons. The van der Waals surface area contributed by atoms with Crippen LogP contribution < -0.4 is 10.2 Å². The van der Waals surface area contributed by atoms with Gasteiger partial charge in [0.1, 0.15) is 0 Å². The van der Waals surface area contributed by atoms with Crippen molar-refractivity contribution in [1.82, 2.24) is 10.3 Å². The molecular formula is C17H19ClN4O3S. The molecule has 0 unspecified atom stereocenters.